The smallest absolute Gasteiger partial charge is 0.341 e. The molecule has 0 atom stereocenters. The molecular weight excluding hydrogens is 332 g/mol. The molecule has 1 heterocycles. The number of carboxylic acids is 1. The van der Waals surface area contributed by atoms with Gasteiger partial charge in [0.25, 0.3) is 5.56 Å². The monoisotopic (exact) mass is 350 g/mol. The zero-order chi connectivity index (χ0) is 18.1. The Bertz CT molecular complexity index is 922. The number of hydrogen-bond acceptors (Lipinski definition) is 4. The zero-order valence-corrected chi connectivity index (χ0v) is 14.3. The van der Waals surface area contributed by atoms with Gasteiger partial charge in [0.1, 0.15) is 5.56 Å². The van der Waals surface area contributed by atoms with Crippen molar-refractivity contribution in [1.29, 1.82) is 0 Å². The first kappa shape index (κ1) is 17.9. The van der Waals surface area contributed by atoms with E-state index in [1.807, 2.05) is 0 Å². The quantitative estimate of drug-likeness (QED) is 0.778. The van der Waals surface area contributed by atoms with Crippen LogP contribution in [0, 0.1) is 0 Å². The largest absolute Gasteiger partial charge is 0.477 e. The molecule has 0 bridgehead atoms. The summed E-state index contributed by atoms with van der Waals surface area (Å²) in [5, 5.41) is 8.99. The lowest BCUT2D eigenvalue weighted by molar-refractivity contribution is 0.0695. The highest BCUT2D eigenvalue weighted by atomic mass is 32.2. The van der Waals surface area contributed by atoms with Gasteiger partial charge in [-0.2, -0.15) is 0 Å². The first-order valence-electron chi connectivity index (χ1n) is 7.10. The molecule has 0 unspecified atom stereocenters. The van der Waals surface area contributed by atoms with Crippen LogP contribution in [-0.4, -0.2) is 30.0 Å². The van der Waals surface area contributed by atoms with Gasteiger partial charge >= 0.3 is 5.97 Å². The number of rotatable bonds is 4. The summed E-state index contributed by atoms with van der Waals surface area (Å²) in [6.45, 7) is 5.23. The van der Waals surface area contributed by atoms with Gasteiger partial charge in [-0.15, -0.1) is 0 Å². The molecule has 7 nitrogen and oxygen atoms in total. The van der Waals surface area contributed by atoms with Crippen LogP contribution in [0.2, 0.25) is 0 Å². The summed E-state index contributed by atoms with van der Waals surface area (Å²) >= 11 is 0. The number of aromatic nitrogens is 1. The third-order valence-electron chi connectivity index (χ3n) is 3.07. The minimum absolute atomic E-state index is 0.101. The Balaban J connectivity index is 2.39. The Morgan fingerprint density at radius 2 is 1.71 bits per heavy atom. The molecule has 0 saturated carbocycles. The minimum Gasteiger partial charge on any atom is -0.477 e. The molecule has 0 amide bonds. The number of benzene rings is 1. The fourth-order valence-corrected chi connectivity index (χ4v) is 3.52. The second-order valence-electron chi connectivity index (χ2n) is 6.32. The Hall–Kier alpha value is -2.45. The first-order chi connectivity index (χ1) is 11.0. The standard InChI is InChI=1S/C16H18N2O5S/c1-16(2,3)18-24(22,23)12-6-4-10(5-7-12)11-8-13(15(20)21)14(19)17-9-11/h4-9,18H,1-3H3,(H,17,19)(H,20,21). The molecule has 1 aromatic heterocycles. The van der Waals surface area contributed by atoms with Crippen LogP contribution in [-0.2, 0) is 10.0 Å². The molecule has 8 heteroatoms. The van der Waals surface area contributed by atoms with Crippen LogP contribution in [0.3, 0.4) is 0 Å². The molecule has 0 aliphatic carbocycles. The number of carbonyl (C=O) groups is 1. The van der Waals surface area contributed by atoms with Gasteiger partial charge in [-0.05, 0) is 50.1 Å². The van der Waals surface area contributed by atoms with Gasteiger partial charge in [0.2, 0.25) is 10.0 Å². The lowest BCUT2D eigenvalue weighted by Crippen LogP contribution is -2.40. The lowest BCUT2D eigenvalue weighted by Gasteiger charge is -2.20. The fourth-order valence-electron chi connectivity index (χ4n) is 2.10. The summed E-state index contributed by atoms with van der Waals surface area (Å²) in [4.78, 5) is 24.9. The van der Waals surface area contributed by atoms with E-state index >= 15 is 0 Å². The molecule has 0 aliphatic heterocycles. The van der Waals surface area contributed by atoms with E-state index < -0.39 is 27.1 Å². The van der Waals surface area contributed by atoms with Gasteiger partial charge in [-0.25, -0.2) is 17.9 Å². The van der Waals surface area contributed by atoms with Crippen molar-refractivity contribution in [1.82, 2.24) is 9.71 Å². The summed E-state index contributed by atoms with van der Waals surface area (Å²) in [6, 6.07) is 7.20. The van der Waals surface area contributed by atoms with Crippen LogP contribution in [0.5, 0.6) is 0 Å². The fraction of sp³-hybridized carbons (Fsp3) is 0.250. The first-order valence-corrected chi connectivity index (χ1v) is 8.58. The highest BCUT2D eigenvalue weighted by Crippen LogP contribution is 2.21. The van der Waals surface area contributed by atoms with Crippen molar-refractivity contribution in [3.8, 4) is 11.1 Å². The zero-order valence-electron chi connectivity index (χ0n) is 13.5. The number of hydrogen-bond donors (Lipinski definition) is 3. The molecule has 2 rings (SSSR count). The van der Waals surface area contributed by atoms with E-state index in [0.29, 0.717) is 11.1 Å². The molecule has 0 saturated heterocycles. The number of sulfonamides is 1. The van der Waals surface area contributed by atoms with Crippen LogP contribution in [0.1, 0.15) is 31.1 Å². The Morgan fingerprint density at radius 3 is 2.21 bits per heavy atom. The molecule has 24 heavy (non-hydrogen) atoms. The number of carboxylic acid groups (broad SMARTS) is 1. The normalized spacial score (nSPS) is 12.1. The van der Waals surface area contributed by atoms with Crippen LogP contribution in [0.4, 0.5) is 0 Å². The SMILES string of the molecule is CC(C)(C)NS(=O)(=O)c1ccc(-c2c[nH]c(=O)c(C(=O)O)c2)cc1. The van der Waals surface area contributed by atoms with E-state index in [1.54, 1.807) is 32.9 Å². The van der Waals surface area contributed by atoms with E-state index in [1.165, 1.54) is 24.4 Å². The van der Waals surface area contributed by atoms with Gasteiger partial charge in [-0.3, -0.25) is 4.79 Å². The summed E-state index contributed by atoms with van der Waals surface area (Å²) in [5.41, 5.74) is -0.617. The van der Waals surface area contributed by atoms with Crippen molar-refractivity contribution in [3.05, 3.63) is 52.4 Å². The van der Waals surface area contributed by atoms with Crippen LogP contribution in [0.15, 0.2) is 46.2 Å². The summed E-state index contributed by atoms with van der Waals surface area (Å²) in [7, 11) is -3.65. The van der Waals surface area contributed by atoms with Gasteiger partial charge in [0, 0.05) is 11.7 Å². The molecule has 0 radical (unpaired) electrons. The van der Waals surface area contributed by atoms with Crippen molar-refractivity contribution in [2.45, 2.75) is 31.2 Å². The molecule has 3 N–H and O–H groups in total. The molecule has 0 fully saturated rings. The van der Waals surface area contributed by atoms with Crippen LogP contribution >= 0.6 is 0 Å². The topological polar surface area (TPSA) is 116 Å². The minimum atomic E-state index is -3.65. The summed E-state index contributed by atoms with van der Waals surface area (Å²) in [6.07, 6.45) is 1.38. The van der Waals surface area contributed by atoms with Crippen molar-refractivity contribution < 1.29 is 18.3 Å². The second-order valence-corrected chi connectivity index (χ2v) is 8.00. The molecule has 0 aliphatic rings. The lowest BCUT2D eigenvalue weighted by atomic mass is 10.1. The third kappa shape index (κ3) is 4.09. The maximum atomic E-state index is 12.2. The van der Waals surface area contributed by atoms with Crippen molar-refractivity contribution in [2.75, 3.05) is 0 Å². The Morgan fingerprint density at radius 1 is 1.12 bits per heavy atom. The Kier molecular flexibility index (Phi) is 4.63. The molecule has 2 aromatic rings. The van der Waals surface area contributed by atoms with E-state index in [4.69, 9.17) is 5.11 Å². The van der Waals surface area contributed by atoms with Crippen molar-refractivity contribution in [2.24, 2.45) is 0 Å². The number of H-pyrrole nitrogens is 1. The number of nitrogens with one attached hydrogen (secondary N) is 2. The number of aromatic carboxylic acids is 1. The van der Waals surface area contributed by atoms with Gasteiger partial charge in [0.15, 0.2) is 0 Å². The predicted octanol–water partition coefficient (Wildman–Crippen LogP) is 1.82. The molecule has 1 aromatic carbocycles. The van der Waals surface area contributed by atoms with Crippen LogP contribution in [0.25, 0.3) is 11.1 Å². The van der Waals surface area contributed by atoms with E-state index in [-0.39, 0.29) is 10.5 Å². The summed E-state index contributed by atoms with van der Waals surface area (Å²) in [5.74, 6) is -1.33. The van der Waals surface area contributed by atoms with Gasteiger partial charge < -0.3 is 10.1 Å². The molecule has 0 spiro atoms. The molecular formula is C16H18N2O5S. The maximum absolute atomic E-state index is 12.2. The van der Waals surface area contributed by atoms with Crippen LogP contribution < -0.4 is 10.3 Å². The van der Waals surface area contributed by atoms with E-state index in [0.717, 1.165) is 0 Å². The third-order valence-corrected chi connectivity index (χ3v) is 4.85. The Labute approximate surface area is 139 Å². The average molecular weight is 350 g/mol. The summed E-state index contributed by atoms with van der Waals surface area (Å²) < 4.78 is 27.0. The van der Waals surface area contributed by atoms with Crippen molar-refractivity contribution in [3.63, 3.8) is 0 Å². The van der Waals surface area contributed by atoms with E-state index in [2.05, 4.69) is 9.71 Å². The highest BCUT2D eigenvalue weighted by Gasteiger charge is 2.21. The molecule has 128 valence electrons. The average Bonchev–Trinajstić information content (AvgIpc) is 2.45. The predicted molar refractivity (Wildman–Crippen MR) is 89.5 cm³/mol. The van der Waals surface area contributed by atoms with E-state index in [9.17, 15) is 18.0 Å². The van der Waals surface area contributed by atoms with Gasteiger partial charge in [-0.1, -0.05) is 12.1 Å². The second kappa shape index (κ2) is 6.21. The number of pyridine rings is 1. The van der Waals surface area contributed by atoms with Gasteiger partial charge in [0.05, 0.1) is 4.90 Å². The highest BCUT2D eigenvalue weighted by molar-refractivity contribution is 7.89. The number of aromatic amines is 1. The van der Waals surface area contributed by atoms with Crippen molar-refractivity contribution >= 4 is 16.0 Å². The maximum Gasteiger partial charge on any atom is 0.341 e.